The minimum absolute atomic E-state index is 0.414. The zero-order chi connectivity index (χ0) is 10.7. The maximum Gasteiger partial charge on any atom is 0.293 e. The molecule has 0 bridgehead atoms. The average molecular weight is 268 g/mol. The quantitative estimate of drug-likeness (QED) is 0.684. The molecule has 3 nitrogen and oxygen atoms in total. The van der Waals surface area contributed by atoms with Gasteiger partial charge in [-0.2, -0.15) is 0 Å². The average Bonchev–Trinajstić information content (AvgIpc) is 2.60. The SMILES string of the molecule is O=COCCc1cc2cc(Br)ccc2[nH]1. The van der Waals surface area contributed by atoms with Crippen LogP contribution >= 0.6 is 15.9 Å². The lowest BCUT2D eigenvalue weighted by Gasteiger charge is -1.94. The Labute approximate surface area is 95.6 Å². The van der Waals surface area contributed by atoms with Gasteiger partial charge in [-0.15, -0.1) is 0 Å². The summed E-state index contributed by atoms with van der Waals surface area (Å²) < 4.78 is 5.71. The van der Waals surface area contributed by atoms with Crippen molar-refractivity contribution >= 4 is 33.3 Å². The third-order valence-corrected chi connectivity index (χ3v) is 2.69. The van der Waals surface area contributed by atoms with Crippen LogP contribution in [-0.4, -0.2) is 18.1 Å². The molecule has 0 aliphatic heterocycles. The molecule has 0 saturated carbocycles. The summed E-state index contributed by atoms with van der Waals surface area (Å²) in [6, 6.07) is 8.12. The molecule has 1 aromatic heterocycles. The number of ether oxygens (including phenoxy) is 1. The predicted octanol–water partition coefficient (Wildman–Crippen LogP) is 2.65. The molecule has 0 fully saturated rings. The lowest BCUT2D eigenvalue weighted by molar-refractivity contribution is -0.128. The van der Waals surface area contributed by atoms with Crippen LogP contribution in [0.15, 0.2) is 28.7 Å². The largest absolute Gasteiger partial charge is 0.467 e. The van der Waals surface area contributed by atoms with Gasteiger partial charge in [-0.3, -0.25) is 4.79 Å². The fourth-order valence-electron chi connectivity index (χ4n) is 1.52. The van der Waals surface area contributed by atoms with E-state index in [1.807, 2.05) is 12.1 Å². The van der Waals surface area contributed by atoms with Crippen LogP contribution in [0.4, 0.5) is 0 Å². The van der Waals surface area contributed by atoms with E-state index < -0.39 is 0 Å². The van der Waals surface area contributed by atoms with Gasteiger partial charge in [0.1, 0.15) is 0 Å². The molecule has 0 atom stereocenters. The highest BCUT2D eigenvalue weighted by Crippen LogP contribution is 2.20. The fourth-order valence-corrected chi connectivity index (χ4v) is 1.89. The van der Waals surface area contributed by atoms with Gasteiger partial charge >= 0.3 is 0 Å². The Hall–Kier alpha value is -1.29. The van der Waals surface area contributed by atoms with Crippen molar-refractivity contribution in [2.75, 3.05) is 6.61 Å². The second-order valence-electron chi connectivity index (χ2n) is 3.24. The van der Waals surface area contributed by atoms with Crippen molar-refractivity contribution in [3.8, 4) is 0 Å². The first-order valence-corrected chi connectivity index (χ1v) is 5.41. The fraction of sp³-hybridized carbons (Fsp3) is 0.182. The van der Waals surface area contributed by atoms with Gasteiger partial charge < -0.3 is 9.72 Å². The van der Waals surface area contributed by atoms with Crippen molar-refractivity contribution in [2.45, 2.75) is 6.42 Å². The number of hydrogen-bond acceptors (Lipinski definition) is 2. The number of rotatable bonds is 4. The summed E-state index contributed by atoms with van der Waals surface area (Å²) in [5.74, 6) is 0. The third-order valence-electron chi connectivity index (χ3n) is 2.20. The predicted molar refractivity (Wildman–Crippen MR) is 61.7 cm³/mol. The van der Waals surface area contributed by atoms with Crippen LogP contribution in [0.5, 0.6) is 0 Å². The molecule has 4 heteroatoms. The number of hydrogen-bond donors (Lipinski definition) is 1. The van der Waals surface area contributed by atoms with E-state index in [0.717, 1.165) is 21.1 Å². The Morgan fingerprint density at radius 3 is 3.07 bits per heavy atom. The van der Waals surface area contributed by atoms with Gasteiger partial charge in [0.05, 0.1) is 6.61 Å². The first-order valence-electron chi connectivity index (χ1n) is 4.62. The van der Waals surface area contributed by atoms with E-state index in [1.54, 1.807) is 0 Å². The van der Waals surface area contributed by atoms with Gasteiger partial charge in [0.25, 0.3) is 6.47 Å². The molecule has 0 amide bonds. The van der Waals surface area contributed by atoms with Crippen molar-refractivity contribution in [1.29, 1.82) is 0 Å². The smallest absolute Gasteiger partial charge is 0.293 e. The molecule has 1 aromatic carbocycles. The normalized spacial score (nSPS) is 10.5. The molecule has 2 aromatic rings. The van der Waals surface area contributed by atoms with Crippen LogP contribution < -0.4 is 0 Å². The zero-order valence-corrected chi connectivity index (χ0v) is 9.58. The summed E-state index contributed by atoms with van der Waals surface area (Å²) >= 11 is 3.42. The summed E-state index contributed by atoms with van der Waals surface area (Å²) in [6.45, 7) is 0.886. The molecule has 1 N–H and O–H groups in total. The minimum atomic E-state index is 0.414. The van der Waals surface area contributed by atoms with E-state index in [4.69, 9.17) is 0 Å². The van der Waals surface area contributed by atoms with Gasteiger partial charge in [-0.25, -0.2) is 0 Å². The molecule has 15 heavy (non-hydrogen) atoms. The highest BCUT2D eigenvalue weighted by Gasteiger charge is 2.01. The molecule has 0 aliphatic carbocycles. The zero-order valence-electron chi connectivity index (χ0n) is 8.00. The number of carbonyl (C=O) groups excluding carboxylic acids is 1. The second-order valence-corrected chi connectivity index (χ2v) is 4.16. The summed E-state index contributed by atoms with van der Waals surface area (Å²) in [5, 5.41) is 1.16. The van der Waals surface area contributed by atoms with Crippen LogP contribution in [0.2, 0.25) is 0 Å². The number of benzene rings is 1. The lowest BCUT2D eigenvalue weighted by Crippen LogP contribution is -1.96. The van der Waals surface area contributed by atoms with Gasteiger partial charge in [-0.1, -0.05) is 15.9 Å². The Bertz CT molecular complexity index is 478. The van der Waals surface area contributed by atoms with Crippen molar-refractivity contribution in [3.05, 3.63) is 34.4 Å². The van der Waals surface area contributed by atoms with Gasteiger partial charge in [0.2, 0.25) is 0 Å². The highest BCUT2D eigenvalue weighted by molar-refractivity contribution is 9.10. The van der Waals surface area contributed by atoms with Crippen LogP contribution in [0, 0.1) is 0 Å². The highest BCUT2D eigenvalue weighted by atomic mass is 79.9. The monoisotopic (exact) mass is 267 g/mol. The summed E-state index contributed by atoms with van der Waals surface area (Å²) in [6.07, 6.45) is 0.713. The van der Waals surface area contributed by atoms with Crippen molar-refractivity contribution in [2.24, 2.45) is 0 Å². The van der Waals surface area contributed by atoms with Crippen LogP contribution in [-0.2, 0) is 16.0 Å². The Balaban J connectivity index is 2.19. The molecule has 0 saturated heterocycles. The molecule has 0 aliphatic rings. The van der Waals surface area contributed by atoms with E-state index in [0.29, 0.717) is 19.5 Å². The molecule has 78 valence electrons. The summed E-state index contributed by atoms with van der Waals surface area (Å²) in [7, 11) is 0. The topological polar surface area (TPSA) is 42.1 Å². The van der Waals surface area contributed by atoms with Crippen molar-refractivity contribution < 1.29 is 9.53 Å². The van der Waals surface area contributed by atoms with Gasteiger partial charge in [0.15, 0.2) is 0 Å². The van der Waals surface area contributed by atoms with E-state index >= 15 is 0 Å². The molecule has 2 rings (SSSR count). The molecule has 0 unspecified atom stereocenters. The van der Waals surface area contributed by atoms with Crippen LogP contribution in [0.1, 0.15) is 5.69 Å². The number of carbonyl (C=O) groups is 1. The van der Waals surface area contributed by atoms with E-state index in [2.05, 4.69) is 37.8 Å². The number of aromatic nitrogens is 1. The van der Waals surface area contributed by atoms with Gasteiger partial charge in [0, 0.05) is 27.5 Å². The Morgan fingerprint density at radius 2 is 2.27 bits per heavy atom. The molecular weight excluding hydrogens is 258 g/mol. The first kappa shape index (κ1) is 10.2. The van der Waals surface area contributed by atoms with Crippen LogP contribution in [0.3, 0.4) is 0 Å². The molecule has 0 spiro atoms. The summed E-state index contributed by atoms with van der Waals surface area (Å²) in [4.78, 5) is 13.2. The van der Waals surface area contributed by atoms with E-state index in [1.165, 1.54) is 0 Å². The number of nitrogens with one attached hydrogen (secondary N) is 1. The van der Waals surface area contributed by atoms with Gasteiger partial charge in [-0.05, 0) is 24.3 Å². The molecular formula is C11H10BrNO2. The Kier molecular flexibility index (Phi) is 3.06. The van der Waals surface area contributed by atoms with Crippen molar-refractivity contribution in [3.63, 3.8) is 0 Å². The van der Waals surface area contributed by atoms with Crippen molar-refractivity contribution in [1.82, 2.24) is 4.98 Å². The van der Waals surface area contributed by atoms with E-state index in [-0.39, 0.29) is 0 Å². The third kappa shape index (κ3) is 2.39. The minimum Gasteiger partial charge on any atom is -0.467 e. The number of halogens is 1. The van der Waals surface area contributed by atoms with E-state index in [9.17, 15) is 4.79 Å². The second kappa shape index (κ2) is 4.49. The standard InChI is InChI=1S/C11H10BrNO2/c12-9-1-2-11-8(5-9)6-10(13-11)3-4-15-7-14/h1-2,5-7,13H,3-4H2. The number of aromatic amines is 1. The maximum absolute atomic E-state index is 9.97. The molecule has 1 heterocycles. The Morgan fingerprint density at radius 1 is 1.40 bits per heavy atom. The lowest BCUT2D eigenvalue weighted by atomic mass is 10.2. The molecule has 0 radical (unpaired) electrons. The first-order chi connectivity index (χ1) is 7.29. The number of fused-ring (bicyclic) bond motifs is 1. The maximum atomic E-state index is 9.97. The summed E-state index contributed by atoms with van der Waals surface area (Å²) in [5.41, 5.74) is 2.17. The van der Waals surface area contributed by atoms with Crippen LogP contribution in [0.25, 0.3) is 10.9 Å². The number of H-pyrrole nitrogens is 1.